The van der Waals surface area contributed by atoms with Crippen molar-refractivity contribution in [2.45, 2.75) is 27.1 Å². The standard InChI is InChI=1S/C24H27O5P/c1-20-10-6-8-12-22(20)18-28-30(25,29-19-23-13-9-7-11-21(23)2)27-17-16-26-24-14-4-3-5-15-24/h3-15H,16-19H2,1-2H3. The summed E-state index contributed by atoms with van der Waals surface area (Å²) in [5, 5.41) is 0. The molecule has 0 heterocycles. The molecule has 0 aliphatic carbocycles. The van der Waals surface area contributed by atoms with Crippen LogP contribution in [0.4, 0.5) is 0 Å². The first-order valence-electron chi connectivity index (χ1n) is 9.86. The number of benzene rings is 3. The van der Waals surface area contributed by atoms with Gasteiger partial charge < -0.3 is 4.74 Å². The number of phosphoric ester groups is 1. The second-order valence-corrected chi connectivity index (χ2v) is 8.51. The zero-order chi connectivity index (χ0) is 21.2. The maximum Gasteiger partial charge on any atom is 0.475 e. The van der Waals surface area contributed by atoms with Gasteiger partial charge in [-0.1, -0.05) is 66.7 Å². The smallest absolute Gasteiger partial charge is 0.475 e. The molecular weight excluding hydrogens is 399 g/mol. The number of para-hydroxylation sites is 1. The minimum absolute atomic E-state index is 0.0771. The summed E-state index contributed by atoms with van der Waals surface area (Å²) in [5.41, 5.74) is 3.97. The average molecular weight is 426 g/mol. The van der Waals surface area contributed by atoms with E-state index in [4.69, 9.17) is 18.3 Å². The average Bonchev–Trinajstić information content (AvgIpc) is 2.77. The van der Waals surface area contributed by atoms with Crippen LogP contribution in [0.1, 0.15) is 22.3 Å². The summed E-state index contributed by atoms with van der Waals surface area (Å²) in [5.74, 6) is 0.720. The van der Waals surface area contributed by atoms with Gasteiger partial charge in [0.2, 0.25) is 0 Å². The minimum atomic E-state index is -3.79. The molecule has 0 saturated carbocycles. The molecule has 5 nitrogen and oxygen atoms in total. The van der Waals surface area contributed by atoms with Crippen molar-refractivity contribution in [2.75, 3.05) is 13.2 Å². The largest absolute Gasteiger partial charge is 0.491 e. The molecule has 0 atom stereocenters. The monoisotopic (exact) mass is 426 g/mol. The first-order chi connectivity index (χ1) is 14.6. The molecular formula is C24H27O5P. The van der Waals surface area contributed by atoms with Crippen LogP contribution >= 0.6 is 7.82 Å². The summed E-state index contributed by atoms with van der Waals surface area (Å²) in [4.78, 5) is 0. The predicted octanol–water partition coefficient (Wildman–Crippen LogP) is 6.24. The normalized spacial score (nSPS) is 11.4. The fraction of sp³-hybridized carbons (Fsp3) is 0.250. The molecule has 0 aliphatic heterocycles. The van der Waals surface area contributed by atoms with Gasteiger partial charge in [0.1, 0.15) is 12.4 Å². The van der Waals surface area contributed by atoms with Crippen molar-refractivity contribution in [1.82, 2.24) is 0 Å². The molecule has 0 unspecified atom stereocenters. The van der Waals surface area contributed by atoms with Gasteiger partial charge in [-0.25, -0.2) is 4.57 Å². The highest BCUT2D eigenvalue weighted by molar-refractivity contribution is 7.48. The Hall–Kier alpha value is -2.43. The number of hydrogen-bond donors (Lipinski definition) is 0. The summed E-state index contributed by atoms with van der Waals surface area (Å²) >= 11 is 0. The maximum absolute atomic E-state index is 13.3. The quantitative estimate of drug-likeness (QED) is 0.268. The number of ether oxygens (including phenoxy) is 1. The summed E-state index contributed by atoms with van der Waals surface area (Å²) in [7, 11) is -3.79. The number of hydrogen-bond acceptors (Lipinski definition) is 5. The lowest BCUT2D eigenvalue weighted by Crippen LogP contribution is -2.09. The fourth-order valence-electron chi connectivity index (χ4n) is 2.78. The highest BCUT2D eigenvalue weighted by atomic mass is 31.2. The van der Waals surface area contributed by atoms with Crippen molar-refractivity contribution in [1.29, 1.82) is 0 Å². The summed E-state index contributed by atoms with van der Waals surface area (Å²) in [6.45, 7) is 4.54. The molecule has 158 valence electrons. The second kappa shape index (κ2) is 11.1. The molecule has 6 heteroatoms. The molecule has 0 bridgehead atoms. The Morgan fingerprint density at radius 3 is 1.67 bits per heavy atom. The Bertz CT molecular complexity index is 921. The second-order valence-electron chi connectivity index (χ2n) is 6.84. The van der Waals surface area contributed by atoms with Crippen LogP contribution in [-0.4, -0.2) is 13.2 Å². The van der Waals surface area contributed by atoms with E-state index in [0.29, 0.717) is 0 Å². The van der Waals surface area contributed by atoms with Crippen molar-refractivity contribution < 1.29 is 22.9 Å². The lowest BCUT2D eigenvalue weighted by Gasteiger charge is -2.19. The highest BCUT2D eigenvalue weighted by Gasteiger charge is 2.27. The molecule has 0 saturated heterocycles. The van der Waals surface area contributed by atoms with Crippen molar-refractivity contribution >= 4 is 7.82 Å². The molecule has 0 fully saturated rings. The van der Waals surface area contributed by atoms with Gasteiger partial charge in [-0.3, -0.25) is 13.6 Å². The zero-order valence-corrected chi connectivity index (χ0v) is 18.2. The topological polar surface area (TPSA) is 54.0 Å². The van der Waals surface area contributed by atoms with Gasteiger partial charge in [0.15, 0.2) is 0 Å². The van der Waals surface area contributed by atoms with Crippen LogP contribution in [0.25, 0.3) is 0 Å². The molecule has 30 heavy (non-hydrogen) atoms. The Balaban J connectivity index is 1.61. The first-order valence-corrected chi connectivity index (χ1v) is 11.3. The van der Waals surface area contributed by atoms with Gasteiger partial charge in [-0.15, -0.1) is 0 Å². The maximum atomic E-state index is 13.3. The van der Waals surface area contributed by atoms with Crippen LogP contribution in [-0.2, 0) is 31.4 Å². The Morgan fingerprint density at radius 1 is 0.633 bits per heavy atom. The van der Waals surface area contributed by atoms with E-state index >= 15 is 0 Å². The molecule has 0 aliphatic rings. The van der Waals surface area contributed by atoms with Crippen LogP contribution in [0.2, 0.25) is 0 Å². The lowest BCUT2D eigenvalue weighted by molar-refractivity contribution is 0.0908. The van der Waals surface area contributed by atoms with Crippen LogP contribution in [0, 0.1) is 13.8 Å². The van der Waals surface area contributed by atoms with E-state index in [1.54, 1.807) is 0 Å². The highest BCUT2D eigenvalue weighted by Crippen LogP contribution is 2.51. The van der Waals surface area contributed by atoms with Crippen molar-refractivity contribution in [3.05, 3.63) is 101 Å². The third-order valence-electron chi connectivity index (χ3n) is 4.62. The lowest BCUT2D eigenvalue weighted by atomic mass is 10.1. The van der Waals surface area contributed by atoms with E-state index < -0.39 is 7.82 Å². The van der Waals surface area contributed by atoms with Gasteiger partial charge in [-0.05, 0) is 48.2 Å². The number of phosphoric acid groups is 1. The van der Waals surface area contributed by atoms with Gasteiger partial charge >= 0.3 is 7.82 Å². The Labute approximate surface area is 178 Å². The first kappa shape index (κ1) is 22.3. The molecule has 0 aromatic heterocycles. The van der Waals surface area contributed by atoms with Crippen molar-refractivity contribution in [2.24, 2.45) is 0 Å². The molecule has 3 aromatic carbocycles. The molecule has 0 spiro atoms. The molecule has 3 aromatic rings. The van der Waals surface area contributed by atoms with E-state index in [9.17, 15) is 4.57 Å². The van der Waals surface area contributed by atoms with Gasteiger partial charge in [-0.2, -0.15) is 0 Å². The van der Waals surface area contributed by atoms with E-state index in [-0.39, 0.29) is 26.4 Å². The third-order valence-corrected chi connectivity index (χ3v) is 6.01. The van der Waals surface area contributed by atoms with Crippen molar-refractivity contribution in [3.63, 3.8) is 0 Å². The Kier molecular flexibility index (Phi) is 8.23. The molecule has 3 rings (SSSR count). The molecule has 0 radical (unpaired) electrons. The SMILES string of the molecule is Cc1ccccc1COP(=O)(OCCOc1ccccc1)OCc1ccccc1C. The van der Waals surface area contributed by atoms with Crippen LogP contribution in [0.3, 0.4) is 0 Å². The van der Waals surface area contributed by atoms with E-state index in [0.717, 1.165) is 28.0 Å². The van der Waals surface area contributed by atoms with Crippen molar-refractivity contribution in [3.8, 4) is 5.75 Å². The summed E-state index contributed by atoms with van der Waals surface area (Å²) in [6.07, 6.45) is 0. The van der Waals surface area contributed by atoms with Gasteiger partial charge in [0.25, 0.3) is 0 Å². The van der Waals surface area contributed by atoms with E-state index in [1.807, 2.05) is 92.7 Å². The zero-order valence-electron chi connectivity index (χ0n) is 17.3. The summed E-state index contributed by atoms with van der Waals surface area (Å²) in [6, 6.07) is 24.9. The summed E-state index contributed by atoms with van der Waals surface area (Å²) < 4.78 is 35.8. The van der Waals surface area contributed by atoms with E-state index in [1.165, 1.54) is 0 Å². The van der Waals surface area contributed by atoms with Crippen LogP contribution < -0.4 is 4.74 Å². The Morgan fingerprint density at radius 2 is 1.13 bits per heavy atom. The molecule has 0 N–H and O–H groups in total. The van der Waals surface area contributed by atoms with Gasteiger partial charge in [0, 0.05) is 0 Å². The fourth-order valence-corrected chi connectivity index (χ4v) is 3.89. The van der Waals surface area contributed by atoms with Gasteiger partial charge in [0.05, 0.1) is 19.8 Å². The van der Waals surface area contributed by atoms with Crippen LogP contribution in [0.15, 0.2) is 78.9 Å². The third kappa shape index (κ3) is 6.82. The van der Waals surface area contributed by atoms with E-state index in [2.05, 4.69) is 0 Å². The molecule has 0 amide bonds. The minimum Gasteiger partial charge on any atom is -0.491 e. The number of aryl methyl sites for hydroxylation is 2. The van der Waals surface area contributed by atoms with Crippen LogP contribution in [0.5, 0.6) is 5.75 Å². The predicted molar refractivity (Wildman–Crippen MR) is 117 cm³/mol. The number of rotatable bonds is 11.